The highest BCUT2D eigenvalue weighted by Crippen LogP contribution is 2.34. The van der Waals surface area contributed by atoms with E-state index in [0.29, 0.717) is 37.9 Å². The van der Waals surface area contributed by atoms with Gasteiger partial charge in [0, 0.05) is 5.70 Å². The van der Waals surface area contributed by atoms with E-state index in [9.17, 15) is 9.59 Å². The van der Waals surface area contributed by atoms with Crippen molar-refractivity contribution in [3.05, 3.63) is 78.9 Å². The summed E-state index contributed by atoms with van der Waals surface area (Å²) in [7, 11) is 1.59. The van der Waals surface area contributed by atoms with Crippen LogP contribution in [0.3, 0.4) is 0 Å². The Hall–Kier alpha value is -3.85. The number of fused-ring (bicyclic) bond motifs is 2. The zero-order chi connectivity index (χ0) is 23.8. The third-order valence-corrected chi connectivity index (χ3v) is 6.65. The molecular formula is C25H22N2O6S. The molecule has 3 heterocycles. The lowest BCUT2D eigenvalue weighted by Gasteiger charge is -2.22. The summed E-state index contributed by atoms with van der Waals surface area (Å²) < 4.78 is 23.3. The molecule has 0 amide bonds. The Morgan fingerprint density at radius 2 is 1.97 bits per heavy atom. The summed E-state index contributed by atoms with van der Waals surface area (Å²) in [5.41, 5.74) is 2.22. The SMILES string of the molecule is CCOC(=O)C1=C(C)n2c(s/c(=C\c3ccc4c(c3)OCO4)c2=O)=N[C@@H]1c1ccc(OC)cc1. The maximum absolute atomic E-state index is 13.3. The highest BCUT2D eigenvalue weighted by atomic mass is 32.1. The number of nitrogens with zero attached hydrogens (tertiary/aromatic N) is 2. The van der Waals surface area contributed by atoms with Crippen LogP contribution < -0.4 is 29.1 Å². The molecular weight excluding hydrogens is 456 g/mol. The number of esters is 1. The van der Waals surface area contributed by atoms with E-state index >= 15 is 0 Å². The van der Waals surface area contributed by atoms with Crippen molar-refractivity contribution in [3.8, 4) is 17.2 Å². The second-order valence-electron chi connectivity index (χ2n) is 7.67. The summed E-state index contributed by atoms with van der Waals surface area (Å²) in [6, 6.07) is 12.3. The van der Waals surface area contributed by atoms with Gasteiger partial charge in [-0.15, -0.1) is 0 Å². The number of hydrogen-bond acceptors (Lipinski definition) is 8. The lowest BCUT2D eigenvalue weighted by Crippen LogP contribution is -2.35. The van der Waals surface area contributed by atoms with Crippen LogP contribution in [0.15, 0.2) is 57.8 Å². The van der Waals surface area contributed by atoms with Crippen LogP contribution in [0.2, 0.25) is 0 Å². The predicted molar refractivity (Wildman–Crippen MR) is 127 cm³/mol. The van der Waals surface area contributed by atoms with Crippen LogP contribution in [0.4, 0.5) is 0 Å². The average molecular weight is 479 g/mol. The summed E-state index contributed by atoms with van der Waals surface area (Å²) in [5.74, 6) is 1.52. The van der Waals surface area contributed by atoms with Gasteiger partial charge in [-0.25, -0.2) is 9.79 Å². The van der Waals surface area contributed by atoms with Gasteiger partial charge in [0.1, 0.15) is 11.8 Å². The van der Waals surface area contributed by atoms with E-state index in [1.54, 1.807) is 27.0 Å². The summed E-state index contributed by atoms with van der Waals surface area (Å²) in [6.07, 6.45) is 1.79. The second kappa shape index (κ2) is 8.83. The Morgan fingerprint density at radius 3 is 2.71 bits per heavy atom. The fourth-order valence-electron chi connectivity index (χ4n) is 4.00. The van der Waals surface area contributed by atoms with Gasteiger partial charge in [0.25, 0.3) is 5.56 Å². The molecule has 0 bridgehead atoms. The highest BCUT2D eigenvalue weighted by Gasteiger charge is 2.31. The molecule has 8 nitrogen and oxygen atoms in total. The number of rotatable bonds is 5. The lowest BCUT2D eigenvalue weighted by atomic mass is 9.96. The molecule has 0 aliphatic carbocycles. The lowest BCUT2D eigenvalue weighted by molar-refractivity contribution is -0.138. The molecule has 2 aliphatic rings. The molecule has 0 fully saturated rings. The number of thiazole rings is 1. The standard InChI is InChI=1S/C25H22N2O6S/c1-4-31-24(29)21-14(2)27-23(28)20(12-15-5-10-18-19(11-15)33-13-32-18)34-25(27)26-22(21)16-6-8-17(30-3)9-7-16/h5-12,22H,4,13H2,1-3H3/b20-12-/t22-/m1/s1. The van der Waals surface area contributed by atoms with Gasteiger partial charge in [0.05, 0.1) is 23.8 Å². The first-order valence-electron chi connectivity index (χ1n) is 10.7. The average Bonchev–Trinajstić information content (AvgIpc) is 3.43. The maximum atomic E-state index is 13.3. The number of ether oxygens (including phenoxy) is 4. The summed E-state index contributed by atoms with van der Waals surface area (Å²) in [4.78, 5) is 31.6. The Morgan fingerprint density at radius 1 is 1.21 bits per heavy atom. The van der Waals surface area contributed by atoms with Crippen molar-refractivity contribution in [1.82, 2.24) is 4.57 Å². The first-order valence-corrected chi connectivity index (χ1v) is 11.5. The van der Waals surface area contributed by atoms with Gasteiger partial charge < -0.3 is 18.9 Å². The van der Waals surface area contributed by atoms with Crippen LogP contribution in [0.1, 0.15) is 31.0 Å². The molecule has 3 aromatic rings. The summed E-state index contributed by atoms with van der Waals surface area (Å²) >= 11 is 1.27. The van der Waals surface area contributed by atoms with Gasteiger partial charge >= 0.3 is 5.97 Å². The van der Waals surface area contributed by atoms with Crippen LogP contribution in [0.5, 0.6) is 17.2 Å². The quantitative estimate of drug-likeness (QED) is 0.524. The molecule has 2 aromatic carbocycles. The Kier molecular flexibility index (Phi) is 5.70. The van der Waals surface area contributed by atoms with E-state index in [1.807, 2.05) is 42.5 Å². The van der Waals surface area contributed by atoms with Crippen molar-refractivity contribution in [2.24, 2.45) is 4.99 Å². The topological polar surface area (TPSA) is 88.3 Å². The fraction of sp³-hybridized carbons (Fsp3) is 0.240. The van der Waals surface area contributed by atoms with Crippen LogP contribution in [0.25, 0.3) is 11.8 Å². The largest absolute Gasteiger partial charge is 0.497 e. The number of methoxy groups -OCH3 is 1. The molecule has 9 heteroatoms. The highest BCUT2D eigenvalue weighted by molar-refractivity contribution is 7.07. The fourth-order valence-corrected chi connectivity index (χ4v) is 5.04. The van der Waals surface area contributed by atoms with Crippen LogP contribution in [0, 0.1) is 0 Å². The van der Waals surface area contributed by atoms with Gasteiger partial charge in [-0.05, 0) is 55.3 Å². The molecule has 5 rings (SSSR count). The van der Waals surface area contributed by atoms with Crippen molar-refractivity contribution in [1.29, 1.82) is 0 Å². The maximum Gasteiger partial charge on any atom is 0.338 e. The summed E-state index contributed by atoms with van der Waals surface area (Å²) in [6.45, 7) is 3.90. The minimum Gasteiger partial charge on any atom is -0.497 e. The smallest absolute Gasteiger partial charge is 0.338 e. The third kappa shape index (κ3) is 3.77. The van der Waals surface area contributed by atoms with E-state index in [4.69, 9.17) is 23.9 Å². The monoisotopic (exact) mass is 478 g/mol. The van der Waals surface area contributed by atoms with Gasteiger partial charge in [-0.1, -0.05) is 29.5 Å². The number of benzene rings is 2. The normalized spacial score (nSPS) is 16.8. The van der Waals surface area contributed by atoms with Crippen LogP contribution >= 0.6 is 11.3 Å². The van der Waals surface area contributed by atoms with Gasteiger partial charge in [0.15, 0.2) is 16.3 Å². The van der Waals surface area contributed by atoms with Crippen molar-refractivity contribution >= 4 is 29.1 Å². The Labute approximate surface area is 199 Å². The molecule has 0 radical (unpaired) electrons. The molecule has 1 atom stereocenters. The van der Waals surface area contributed by atoms with E-state index < -0.39 is 12.0 Å². The van der Waals surface area contributed by atoms with Crippen molar-refractivity contribution in [2.45, 2.75) is 19.9 Å². The molecule has 1 aromatic heterocycles. The minimum absolute atomic E-state index is 0.182. The molecule has 0 unspecified atom stereocenters. The first kappa shape index (κ1) is 22.0. The number of hydrogen-bond donors (Lipinski definition) is 0. The van der Waals surface area contributed by atoms with Crippen LogP contribution in [-0.2, 0) is 9.53 Å². The number of allylic oxidation sites excluding steroid dienone is 1. The molecule has 2 aliphatic heterocycles. The molecule has 0 spiro atoms. The first-order chi connectivity index (χ1) is 16.5. The molecule has 0 saturated carbocycles. The van der Waals surface area contributed by atoms with E-state index in [0.717, 1.165) is 11.1 Å². The third-order valence-electron chi connectivity index (χ3n) is 5.67. The van der Waals surface area contributed by atoms with E-state index in [1.165, 1.54) is 15.9 Å². The predicted octanol–water partition coefficient (Wildman–Crippen LogP) is 2.64. The molecule has 174 valence electrons. The van der Waals surface area contributed by atoms with Crippen molar-refractivity contribution < 1.29 is 23.7 Å². The molecule has 0 N–H and O–H groups in total. The second-order valence-corrected chi connectivity index (χ2v) is 8.68. The Balaban J connectivity index is 1.67. The van der Waals surface area contributed by atoms with Gasteiger partial charge in [0.2, 0.25) is 6.79 Å². The van der Waals surface area contributed by atoms with Crippen molar-refractivity contribution in [3.63, 3.8) is 0 Å². The van der Waals surface area contributed by atoms with E-state index in [2.05, 4.69) is 0 Å². The molecule has 0 saturated heterocycles. The zero-order valence-electron chi connectivity index (χ0n) is 18.9. The number of carbonyl (C=O) groups is 1. The van der Waals surface area contributed by atoms with Gasteiger partial charge in [-0.2, -0.15) is 0 Å². The summed E-state index contributed by atoms with van der Waals surface area (Å²) in [5, 5.41) is 0. The number of carbonyl (C=O) groups excluding carboxylic acids is 1. The number of aromatic nitrogens is 1. The van der Waals surface area contributed by atoms with Gasteiger partial charge in [-0.3, -0.25) is 9.36 Å². The van der Waals surface area contributed by atoms with E-state index in [-0.39, 0.29) is 19.0 Å². The molecule has 34 heavy (non-hydrogen) atoms. The minimum atomic E-state index is -0.596. The van der Waals surface area contributed by atoms with Crippen LogP contribution in [-0.4, -0.2) is 31.0 Å². The Bertz CT molecular complexity index is 1480. The van der Waals surface area contributed by atoms with Crippen molar-refractivity contribution in [2.75, 3.05) is 20.5 Å². The zero-order valence-corrected chi connectivity index (χ0v) is 19.7.